The van der Waals surface area contributed by atoms with Gasteiger partial charge in [0.05, 0.1) is 18.8 Å². The molecule has 3 rings (SSSR count). The van der Waals surface area contributed by atoms with Crippen LogP contribution in [-0.4, -0.2) is 35.6 Å². The fourth-order valence-corrected chi connectivity index (χ4v) is 3.80. The molecule has 2 fully saturated rings. The molecule has 0 bridgehead atoms. The van der Waals surface area contributed by atoms with Crippen molar-refractivity contribution >= 4 is 28.3 Å². The number of ether oxygens (including phenoxy) is 1. The molecule has 1 aliphatic heterocycles. The summed E-state index contributed by atoms with van der Waals surface area (Å²) in [6.07, 6.45) is 3.59. The van der Waals surface area contributed by atoms with Crippen LogP contribution >= 0.6 is 11.5 Å². The molecule has 1 aliphatic carbocycles. The first-order chi connectivity index (χ1) is 8.68. The van der Waals surface area contributed by atoms with Gasteiger partial charge in [-0.05, 0) is 30.8 Å². The molecule has 1 saturated carbocycles. The number of fused-ring (bicyclic) bond motifs is 1. The van der Waals surface area contributed by atoms with E-state index in [9.17, 15) is 4.79 Å². The van der Waals surface area contributed by atoms with Gasteiger partial charge in [0.15, 0.2) is 5.82 Å². The Labute approximate surface area is 109 Å². The van der Waals surface area contributed by atoms with E-state index < -0.39 is 5.91 Å². The Hall–Kier alpha value is -1.34. The zero-order valence-corrected chi connectivity index (χ0v) is 10.8. The lowest BCUT2D eigenvalue weighted by Crippen LogP contribution is -2.48. The first-order valence-electron chi connectivity index (χ1n) is 6.11. The quantitative estimate of drug-likeness (QED) is 0.818. The number of aromatic nitrogens is 1. The van der Waals surface area contributed by atoms with Gasteiger partial charge < -0.3 is 21.1 Å². The Morgan fingerprint density at radius 2 is 2.33 bits per heavy atom. The molecule has 4 N–H and O–H groups in total. The second-order valence-electron chi connectivity index (χ2n) is 4.71. The SMILES string of the molecule is NC(=O)c1c(N)nsc1N1CCOC2CCCC21. The van der Waals surface area contributed by atoms with Crippen molar-refractivity contribution in [2.75, 3.05) is 23.8 Å². The number of hydrogen-bond donors (Lipinski definition) is 2. The maximum atomic E-state index is 11.5. The summed E-state index contributed by atoms with van der Waals surface area (Å²) < 4.78 is 9.82. The molecule has 0 aromatic carbocycles. The Morgan fingerprint density at radius 3 is 3.11 bits per heavy atom. The van der Waals surface area contributed by atoms with Gasteiger partial charge in [-0.1, -0.05) is 0 Å². The number of amides is 1. The lowest BCUT2D eigenvalue weighted by Gasteiger charge is -2.38. The third-order valence-electron chi connectivity index (χ3n) is 3.69. The van der Waals surface area contributed by atoms with Crippen LogP contribution in [-0.2, 0) is 4.74 Å². The van der Waals surface area contributed by atoms with Crippen LogP contribution < -0.4 is 16.4 Å². The molecule has 7 heteroatoms. The maximum Gasteiger partial charge on any atom is 0.255 e. The molecular weight excluding hydrogens is 252 g/mol. The molecule has 1 amide bonds. The minimum Gasteiger partial charge on any atom is -0.382 e. The molecule has 18 heavy (non-hydrogen) atoms. The van der Waals surface area contributed by atoms with Crippen LogP contribution in [0, 0.1) is 0 Å². The molecule has 1 saturated heterocycles. The van der Waals surface area contributed by atoms with Crippen LogP contribution in [0.2, 0.25) is 0 Å². The van der Waals surface area contributed by atoms with Gasteiger partial charge in [0.1, 0.15) is 10.6 Å². The predicted octanol–water partition coefficient (Wildman–Crippen LogP) is 0.582. The van der Waals surface area contributed by atoms with Crippen LogP contribution in [0.25, 0.3) is 0 Å². The molecule has 0 radical (unpaired) electrons. The minimum atomic E-state index is -0.503. The van der Waals surface area contributed by atoms with Gasteiger partial charge in [-0.15, -0.1) is 0 Å². The van der Waals surface area contributed by atoms with E-state index in [4.69, 9.17) is 16.2 Å². The second kappa shape index (κ2) is 4.40. The highest BCUT2D eigenvalue weighted by Crippen LogP contribution is 2.38. The number of nitrogens with zero attached hydrogens (tertiary/aromatic N) is 2. The van der Waals surface area contributed by atoms with Crippen molar-refractivity contribution < 1.29 is 9.53 Å². The number of nitrogens with two attached hydrogens (primary N) is 2. The topological polar surface area (TPSA) is 94.5 Å². The molecule has 2 aliphatic rings. The fourth-order valence-electron chi connectivity index (χ4n) is 2.90. The standard InChI is InChI=1S/C11H16N4O2S/c12-9-8(10(13)16)11(18-14-9)15-4-5-17-7-3-1-2-6(7)15/h6-7H,1-5H2,(H2,12,14)(H2,13,16). The van der Waals surface area contributed by atoms with Crippen LogP contribution in [0.4, 0.5) is 10.8 Å². The van der Waals surface area contributed by atoms with E-state index >= 15 is 0 Å². The zero-order chi connectivity index (χ0) is 12.7. The van der Waals surface area contributed by atoms with Gasteiger partial charge in [-0.3, -0.25) is 4.79 Å². The maximum absolute atomic E-state index is 11.5. The molecule has 1 aromatic rings. The number of rotatable bonds is 2. The van der Waals surface area contributed by atoms with Crippen molar-refractivity contribution in [2.45, 2.75) is 31.4 Å². The summed E-state index contributed by atoms with van der Waals surface area (Å²) in [6, 6.07) is 0.330. The summed E-state index contributed by atoms with van der Waals surface area (Å²) >= 11 is 1.25. The van der Waals surface area contributed by atoms with Crippen molar-refractivity contribution in [3.63, 3.8) is 0 Å². The van der Waals surface area contributed by atoms with Crippen molar-refractivity contribution in [3.05, 3.63) is 5.56 Å². The summed E-state index contributed by atoms with van der Waals surface area (Å²) in [7, 11) is 0. The predicted molar refractivity (Wildman–Crippen MR) is 69.8 cm³/mol. The van der Waals surface area contributed by atoms with Gasteiger partial charge in [0, 0.05) is 6.54 Å². The average molecular weight is 268 g/mol. The van der Waals surface area contributed by atoms with Crippen LogP contribution in [0.15, 0.2) is 0 Å². The van der Waals surface area contributed by atoms with E-state index in [0.29, 0.717) is 18.2 Å². The summed E-state index contributed by atoms with van der Waals surface area (Å²) in [6.45, 7) is 1.44. The third kappa shape index (κ3) is 1.74. The van der Waals surface area contributed by atoms with Crippen molar-refractivity contribution in [1.29, 1.82) is 0 Å². The first-order valence-corrected chi connectivity index (χ1v) is 6.89. The van der Waals surface area contributed by atoms with E-state index in [1.165, 1.54) is 11.5 Å². The van der Waals surface area contributed by atoms with Crippen LogP contribution in [0.1, 0.15) is 29.6 Å². The van der Waals surface area contributed by atoms with E-state index in [0.717, 1.165) is 30.8 Å². The Kier molecular flexibility index (Phi) is 2.87. The molecule has 1 aromatic heterocycles. The Bertz CT molecular complexity index is 476. The van der Waals surface area contributed by atoms with Gasteiger partial charge in [0.25, 0.3) is 5.91 Å². The Morgan fingerprint density at radius 1 is 1.50 bits per heavy atom. The van der Waals surface area contributed by atoms with Gasteiger partial charge in [-0.25, -0.2) is 0 Å². The van der Waals surface area contributed by atoms with E-state index in [2.05, 4.69) is 9.27 Å². The molecule has 2 atom stereocenters. The lowest BCUT2D eigenvalue weighted by molar-refractivity contribution is 0.0258. The summed E-state index contributed by atoms with van der Waals surface area (Å²) in [4.78, 5) is 13.7. The number of morpholine rings is 1. The number of primary amides is 1. The fraction of sp³-hybridized carbons (Fsp3) is 0.636. The number of hydrogen-bond acceptors (Lipinski definition) is 6. The van der Waals surface area contributed by atoms with Crippen LogP contribution in [0.5, 0.6) is 0 Å². The third-order valence-corrected chi connectivity index (χ3v) is 4.59. The largest absolute Gasteiger partial charge is 0.382 e. The van der Waals surface area contributed by atoms with E-state index in [1.807, 2.05) is 0 Å². The van der Waals surface area contributed by atoms with Gasteiger partial charge >= 0.3 is 0 Å². The van der Waals surface area contributed by atoms with E-state index in [1.54, 1.807) is 0 Å². The normalized spacial score (nSPS) is 27.2. The number of nitrogen functional groups attached to an aromatic ring is 1. The Balaban J connectivity index is 1.96. The highest BCUT2D eigenvalue weighted by atomic mass is 32.1. The monoisotopic (exact) mass is 268 g/mol. The average Bonchev–Trinajstić information content (AvgIpc) is 2.94. The highest BCUT2D eigenvalue weighted by molar-refractivity contribution is 7.11. The second-order valence-corrected chi connectivity index (χ2v) is 5.46. The molecular formula is C11H16N4O2S. The highest BCUT2D eigenvalue weighted by Gasteiger charge is 2.38. The number of carbonyl (C=O) groups excluding carboxylic acids is 1. The van der Waals surface area contributed by atoms with Crippen molar-refractivity contribution in [1.82, 2.24) is 4.37 Å². The van der Waals surface area contributed by atoms with Gasteiger partial charge in [0.2, 0.25) is 0 Å². The van der Waals surface area contributed by atoms with Gasteiger partial charge in [-0.2, -0.15) is 4.37 Å². The molecule has 2 heterocycles. The number of carbonyl (C=O) groups is 1. The molecule has 0 spiro atoms. The minimum absolute atomic E-state index is 0.239. The summed E-state index contributed by atoms with van der Waals surface area (Å²) in [5, 5.41) is 0.806. The first kappa shape index (κ1) is 11.7. The van der Waals surface area contributed by atoms with Crippen molar-refractivity contribution in [2.24, 2.45) is 5.73 Å². The molecule has 98 valence electrons. The van der Waals surface area contributed by atoms with Crippen molar-refractivity contribution in [3.8, 4) is 0 Å². The van der Waals surface area contributed by atoms with E-state index in [-0.39, 0.29) is 11.9 Å². The molecule has 6 nitrogen and oxygen atoms in total. The van der Waals surface area contributed by atoms with Crippen LogP contribution in [0.3, 0.4) is 0 Å². The lowest BCUT2D eigenvalue weighted by atomic mass is 10.1. The smallest absolute Gasteiger partial charge is 0.255 e. The summed E-state index contributed by atoms with van der Waals surface area (Å²) in [5.41, 5.74) is 11.5. The zero-order valence-electron chi connectivity index (χ0n) is 9.96. The molecule has 2 unspecified atom stereocenters. The number of anilines is 2. The summed E-state index contributed by atoms with van der Waals surface area (Å²) in [5.74, 6) is -0.263.